The first-order valence-corrected chi connectivity index (χ1v) is 3.14. The average Bonchev–Trinajstić information content (AvgIpc) is 1.87. The van der Waals surface area contributed by atoms with Crippen molar-refractivity contribution in [2.45, 2.75) is 20.3 Å². The van der Waals surface area contributed by atoms with Crippen molar-refractivity contribution < 1.29 is 4.79 Å². The van der Waals surface area contributed by atoms with Gasteiger partial charge in [0.1, 0.15) is 0 Å². The lowest BCUT2D eigenvalue weighted by Crippen LogP contribution is -2.18. The number of hydrogen-bond acceptors (Lipinski definition) is 1. The number of carbonyl (C=O) groups is 1. The van der Waals surface area contributed by atoms with Gasteiger partial charge in [-0.25, -0.2) is 0 Å². The van der Waals surface area contributed by atoms with Crippen LogP contribution in [0.25, 0.3) is 0 Å². The molecule has 0 heterocycles. The van der Waals surface area contributed by atoms with E-state index in [0.717, 1.165) is 17.6 Å². The van der Waals surface area contributed by atoms with Crippen LogP contribution in [0.2, 0.25) is 0 Å². The van der Waals surface area contributed by atoms with Gasteiger partial charge in [-0.05, 0) is 25.0 Å². The van der Waals surface area contributed by atoms with Crippen LogP contribution in [0.1, 0.15) is 20.3 Å². The number of rotatable bonds is 0. The van der Waals surface area contributed by atoms with E-state index in [4.69, 9.17) is 0 Å². The lowest BCUT2D eigenvalue weighted by atomic mass is 9.84. The van der Waals surface area contributed by atoms with E-state index >= 15 is 0 Å². The topological polar surface area (TPSA) is 17.1 Å². The summed E-state index contributed by atoms with van der Waals surface area (Å²) in [4.78, 5) is 10.9. The Bertz CT molecular complexity index is 177. The molecule has 0 radical (unpaired) electrons. The zero-order chi connectivity index (χ0) is 6.85. The number of Topliss-reactive ketones (excluding diaryl/α,β-unsaturated/α-hetero) is 1. The Morgan fingerprint density at radius 2 is 1.67 bits per heavy atom. The van der Waals surface area contributed by atoms with Crippen LogP contribution in [-0.4, -0.2) is 5.78 Å². The fourth-order valence-corrected chi connectivity index (χ4v) is 0.932. The van der Waals surface area contributed by atoms with Crippen molar-refractivity contribution in [3.8, 4) is 0 Å². The van der Waals surface area contributed by atoms with Crippen LogP contribution in [0.15, 0.2) is 23.3 Å². The smallest absolute Gasteiger partial charge is 0.185 e. The molecule has 1 fully saturated rings. The molecule has 0 spiro atoms. The van der Waals surface area contributed by atoms with Crippen molar-refractivity contribution in [2.75, 3.05) is 0 Å². The highest BCUT2D eigenvalue weighted by Gasteiger charge is 2.24. The first kappa shape index (κ1) is 6.27. The van der Waals surface area contributed by atoms with Crippen molar-refractivity contribution in [3.63, 3.8) is 0 Å². The minimum Gasteiger partial charge on any atom is -0.289 e. The van der Waals surface area contributed by atoms with E-state index in [1.165, 1.54) is 0 Å². The van der Waals surface area contributed by atoms with Gasteiger partial charge in [-0.3, -0.25) is 4.79 Å². The third-order valence-corrected chi connectivity index (χ3v) is 1.66. The largest absolute Gasteiger partial charge is 0.289 e. The van der Waals surface area contributed by atoms with Crippen LogP contribution in [0.3, 0.4) is 0 Å². The lowest BCUT2D eigenvalue weighted by molar-refractivity contribution is -0.114. The summed E-state index contributed by atoms with van der Waals surface area (Å²) in [6.45, 7) is 3.80. The van der Waals surface area contributed by atoms with E-state index in [2.05, 4.69) is 0 Å². The molecule has 1 aliphatic rings. The highest BCUT2D eigenvalue weighted by Crippen LogP contribution is 2.27. The Hall–Kier alpha value is -0.850. The van der Waals surface area contributed by atoms with E-state index in [0.29, 0.717) is 0 Å². The minimum absolute atomic E-state index is 0.236. The molecule has 0 aromatic rings. The number of ketones is 1. The van der Waals surface area contributed by atoms with Gasteiger partial charge in [0.2, 0.25) is 0 Å². The standard InChI is InChI=1S/C8H10O/c1-3-6-5-7(4-2)8(6)9/h3-4H,5H2,1-2H3/b6-3-,7-4+. The van der Waals surface area contributed by atoms with Gasteiger partial charge in [-0.1, -0.05) is 12.2 Å². The Balaban J connectivity index is 2.74. The maximum atomic E-state index is 10.9. The number of hydrogen-bond donors (Lipinski definition) is 0. The summed E-state index contributed by atoms with van der Waals surface area (Å²) >= 11 is 0. The van der Waals surface area contributed by atoms with E-state index in [1.54, 1.807) is 0 Å². The summed E-state index contributed by atoms with van der Waals surface area (Å²) in [7, 11) is 0. The second kappa shape index (κ2) is 2.18. The Labute approximate surface area is 55.1 Å². The van der Waals surface area contributed by atoms with Gasteiger partial charge >= 0.3 is 0 Å². The molecule has 1 heteroatoms. The summed E-state index contributed by atoms with van der Waals surface area (Å²) in [6.07, 6.45) is 4.65. The summed E-state index contributed by atoms with van der Waals surface area (Å²) in [6, 6.07) is 0. The van der Waals surface area contributed by atoms with Gasteiger partial charge in [0.15, 0.2) is 5.78 Å². The monoisotopic (exact) mass is 122 g/mol. The molecule has 0 aliphatic heterocycles. The fraction of sp³-hybridized carbons (Fsp3) is 0.375. The predicted molar refractivity (Wildman–Crippen MR) is 37.1 cm³/mol. The van der Waals surface area contributed by atoms with Gasteiger partial charge in [-0.2, -0.15) is 0 Å². The van der Waals surface area contributed by atoms with Crippen molar-refractivity contribution in [1.29, 1.82) is 0 Å². The van der Waals surface area contributed by atoms with Crippen molar-refractivity contribution in [3.05, 3.63) is 23.3 Å². The molecule has 1 nitrogen and oxygen atoms in total. The van der Waals surface area contributed by atoms with Gasteiger partial charge in [-0.15, -0.1) is 0 Å². The molecule has 0 bridgehead atoms. The van der Waals surface area contributed by atoms with Crippen LogP contribution in [0.4, 0.5) is 0 Å². The molecule has 0 amide bonds. The van der Waals surface area contributed by atoms with Gasteiger partial charge in [0, 0.05) is 6.42 Å². The lowest BCUT2D eigenvalue weighted by Gasteiger charge is -2.18. The third-order valence-electron chi connectivity index (χ3n) is 1.66. The first-order valence-electron chi connectivity index (χ1n) is 3.14. The van der Waals surface area contributed by atoms with Crippen molar-refractivity contribution >= 4 is 5.78 Å². The Morgan fingerprint density at radius 3 is 1.89 bits per heavy atom. The van der Waals surface area contributed by atoms with E-state index in [1.807, 2.05) is 26.0 Å². The molecule has 48 valence electrons. The number of carbonyl (C=O) groups excluding carboxylic acids is 1. The third kappa shape index (κ3) is 0.826. The first-order chi connectivity index (χ1) is 4.29. The molecule has 0 N–H and O–H groups in total. The predicted octanol–water partition coefficient (Wildman–Crippen LogP) is 1.85. The van der Waals surface area contributed by atoms with Crippen LogP contribution >= 0.6 is 0 Å². The molecular formula is C8H10O. The molecular weight excluding hydrogens is 112 g/mol. The van der Waals surface area contributed by atoms with Crippen LogP contribution < -0.4 is 0 Å². The fourth-order valence-electron chi connectivity index (χ4n) is 0.932. The quantitative estimate of drug-likeness (QED) is 0.448. The van der Waals surface area contributed by atoms with Crippen LogP contribution in [0, 0.1) is 0 Å². The maximum absolute atomic E-state index is 10.9. The highest BCUT2D eigenvalue weighted by atomic mass is 16.1. The second-order valence-corrected chi connectivity index (χ2v) is 2.13. The SMILES string of the molecule is C/C=C1/C/C(=C\C)C1=O. The molecule has 0 aromatic heterocycles. The molecule has 0 unspecified atom stereocenters. The molecule has 0 saturated heterocycles. The van der Waals surface area contributed by atoms with Crippen molar-refractivity contribution in [1.82, 2.24) is 0 Å². The molecule has 1 aliphatic carbocycles. The summed E-state index contributed by atoms with van der Waals surface area (Å²) in [5.41, 5.74) is 1.92. The minimum atomic E-state index is 0.236. The molecule has 0 atom stereocenters. The van der Waals surface area contributed by atoms with E-state index in [9.17, 15) is 4.79 Å². The molecule has 1 rings (SSSR count). The molecule has 1 saturated carbocycles. The summed E-state index contributed by atoms with van der Waals surface area (Å²) in [5, 5.41) is 0. The highest BCUT2D eigenvalue weighted by molar-refractivity contribution is 6.15. The van der Waals surface area contributed by atoms with E-state index < -0.39 is 0 Å². The number of allylic oxidation sites excluding steroid dienone is 4. The van der Waals surface area contributed by atoms with Gasteiger partial charge in [0.05, 0.1) is 0 Å². The molecule has 0 aromatic carbocycles. The Morgan fingerprint density at radius 1 is 1.22 bits per heavy atom. The summed E-state index contributed by atoms with van der Waals surface area (Å²) in [5.74, 6) is 0.236. The van der Waals surface area contributed by atoms with Crippen LogP contribution in [0.5, 0.6) is 0 Å². The maximum Gasteiger partial charge on any atom is 0.185 e. The average molecular weight is 122 g/mol. The van der Waals surface area contributed by atoms with E-state index in [-0.39, 0.29) is 5.78 Å². The van der Waals surface area contributed by atoms with Gasteiger partial charge < -0.3 is 0 Å². The summed E-state index contributed by atoms with van der Waals surface area (Å²) < 4.78 is 0. The van der Waals surface area contributed by atoms with Gasteiger partial charge in [0.25, 0.3) is 0 Å². The zero-order valence-electron chi connectivity index (χ0n) is 5.77. The zero-order valence-corrected chi connectivity index (χ0v) is 5.77. The van der Waals surface area contributed by atoms with Crippen LogP contribution in [-0.2, 0) is 4.79 Å². The second-order valence-electron chi connectivity index (χ2n) is 2.13. The normalized spacial score (nSPS) is 27.1. The molecule has 9 heavy (non-hydrogen) atoms. The Kier molecular flexibility index (Phi) is 1.52. The van der Waals surface area contributed by atoms with Crippen molar-refractivity contribution in [2.24, 2.45) is 0 Å².